The summed E-state index contributed by atoms with van der Waals surface area (Å²) in [6, 6.07) is 4.01. The molecule has 0 N–H and O–H groups in total. The standard InChI is InChI=1S/C21H34O2P/c1-9-18(12-15(3)13-21(6,7)8)24(23)20(22)19-16(4)10-14(2)11-17(19)5/h10-11,15,18H,9,12-13H2,1-8H3. The second kappa shape index (κ2) is 8.39. The van der Waals surface area contributed by atoms with Gasteiger partial charge in [-0.05, 0) is 62.5 Å². The van der Waals surface area contributed by atoms with Crippen LogP contribution in [0.25, 0.3) is 0 Å². The lowest BCUT2D eigenvalue weighted by molar-refractivity contribution is 0.107. The highest BCUT2D eigenvalue weighted by Crippen LogP contribution is 2.41. The van der Waals surface area contributed by atoms with Gasteiger partial charge in [0.25, 0.3) is 0 Å². The molecule has 0 saturated carbocycles. The van der Waals surface area contributed by atoms with Crippen molar-refractivity contribution >= 4 is 13.3 Å². The fourth-order valence-electron chi connectivity index (χ4n) is 3.81. The van der Waals surface area contributed by atoms with Gasteiger partial charge in [-0.15, -0.1) is 0 Å². The minimum atomic E-state index is -1.89. The van der Waals surface area contributed by atoms with Gasteiger partial charge in [-0.2, -0.15) is 0 Å². The van der Waals surface area contributed by atoms with Crippen LogP contribution in [-0.2, 0) is 4.57 Å². The Morgan fingerprint density at radius 3 is 2.04 bits per heavy atom. The Hall–Kier alpha value is -1.01. The molecule has 2 nitrogen and oxygen atoms in total. The number of benzene rings is 1. The van der Waals surface area contributed by atoms with Crippen molar-refractivity contribution in [2.24, 2.45) is 11.3 Å². The first-order valence-electron chi connectivity index (χ1n) is 9.04. The minimum absolute atomic E-state index is 0.0232. The van der Waals surface area contributed by atoms with E-state index in [1.165, 1.54) is 0 Å². The Morgan fingerprint density at radius 2 is 1.62 bits per heavy atom. The van der Waals surface area contributed by atoms with E-state index in [0.717, 1.165) is 36.0 Å². The Bertz CT molecular complexity index is 588. The summed E-state index contributed by atoms with van der Waals surface area (Å²) in [5.74, 6) is 0.474. The molecule has 1 aromatic carbocycles. The van der Waals surface area contributed by atoms with Crippen LogP contribution in [0.15, 0.2) is 12.1 Å². The van der Waals surface area contributed by atoms with Gasteiger partial charge in [0.1, 0.15) is 7.80 Å². The molecule has 1 aromatic rings. The molecule has 0 fully saturated rings. The molecule has 3 heteroatoms. The maximum absolute atomic E-state index is 13.0. The van der Waals surface area contributed by atoms with Crippen molar-refractivity contribution in [3.63, 3.8) is 0 Å². The van der Waals surface area contributed by atoms with Crippen molar-refractivity contribution in [2.45, 2.75) is 80.3 Å². The van der Waals surface area contributed by atoms with Gasteiger partial charge in [0.2, 0.25) is 5.52 Å². The molecule has 0 saturated heterocycles. The summed E-state index contributed by atoms with van der Waals surface area (Å²) in [5.41, 5.74) is 3.78. The van der Waals surface area contributed by atoms with Crippen molar-refractivity contribution in [1.29, 1.82) is 0 Å². The normalized spacial score (nSPS) is 15.1. The second-order valence-electron chi connectivity index (χ2n) is 8.57. The third-order valence-electron chi connectivity index (χ3n) is 4.53. The predicted molar refractivity (Wildman–Crippen MR) is 105 cm³/mol. The molecule has 3 atom stereocenters. The predicted octanol–water partition coefficient (Wildman–Crippen LogP) is 6.82. The lowest BCUT2D eigenvalue weighted by Gasteiger charge is -2.25. The molecule has 1 rings (SSSR count). The van der Waals surface area contributed by atoms with Gasteiger partial charge in [0.15, 0.2) is 0 Å². The van der Waals surface area contributed by atoms with E-state index in [4.69, 9.17) is 0 Å². The molecule has 0 aliphatic heterocycles. The van der Waals surface area contributed by atoms with Crippen LogP contribution in [0.2, 0.25) is 0 Å². The van der Waals surface area contributed by atoms with Crippen LogP contribution >= 0.6 is 7.80 Å². The van der Waals surface area contributed by atoms with Crippen LogP contribution in [0.4, 0.5) is 0 Å². The van der Waals surface area contributed by atoms with Crippen LogP contribution in [-0.4, -0.2) is 11.2 Å². The number of hydrogen-bond donors (Lipinski definition) is 0. The highest BCUT2D eigenvalue weighted by Gasteiger charge is 2.28. The first-order chi connectivity index (χ1) is 11.0. The van der Waals surface area contributed by atoms with Crippen molar-refractivity contribution in [2.75, 3.05) is 0 Å². The SMILES string of the molecule is CCC(CC(C)CC(C)(C)C)[P](=O)C(=O)c1c(C)cc(C)cc1C. The van der Waals surface area contributed by atoms with Crippen LogP contribution in [0.1, 0.15) is 80.9 Å². The topological polar surface area (TPSA) is 34.1 Å². The number of carbonyl (C=O) groups excluding carboxylic acids is 1. The first-order valence-corrected chi connectivity index (χ1v) is 10.4. The maximum atomic E-state index is 13.0. The molecule has 0 amide bonds. The number of carbonyl (C=O) groups is 1. The fraction of sp³-hybridized carbons (Fsp3) is 0.667. The van der Waals surface area contributed by atoms with Crippen LogP contribution in [0.5, 0.6) is 0 Å². The number of aryl methyl sites for hydroxylation is 3. The van der Waals surface area contributed by atoms with E-state index in [9.17, 15) is 9.36 Å². The van der Waals surface area contributed by atoms with Gasteiger partial charge in [-0.3, -0.25) is 9.36 Å². The molecule has 0 aliphatic carbocycles. The average molecular weight is 349 g/mol. The molecular weight excluding hydrogens is 315 g/mol. The van der Waals surface area contributed by atoms with Crippen molar-refractivity contribution < 1.29 is 9.36 Å². The maximum Gasteiger partial charge on any atom is 0.242 e. The van der Waals surface area contributed by atoms with Crippen molar-refractivity contribution in [1.82, 2.24) is 0 Å². The lowest BCUT2D eigenvalue weighted by Crippen LogP contribution is -2.17. The zero-order valence-electron chi connectivity index (χ0n) is 16.7. The summed E-state index contributed by atoms with van der Waals surface area (Å²) < 4.78 is 13.0. The van der Waals surface area contributed by atoms with E-state index in [-0.39, 0.29) is 16.6 Å². The summed E-state index contributed by atoms with van der Waals surface area (Å²) in [6.45, 7) is 16.9. The molecule has 0 heterocycles. The van der Waals surface area contributed by atoms with Gasteiger partial charge >= 0.3 is 0 Å². The van der Waals surface area contributed by atoms with E-state index >= 15 is 0 Å². The van der Waals surface area contributed by atoms with E-state index < -0.39 is 7.80 Å². The Kier molecular flexibility index (Phi) is 7.35. The highest BCUT2D eigenvalue weighted by atomic mass is 31.1. The second-order valence-corrected chi connectivity index (χ2v) is 10.4. The molecule has 0 aliphatic rings. The zero-order chi connectivity index (χ0) is 18.7. The van der Waals surface area contributed by atoms with Gasteiger partial charge in [0, 0.05) is 11.2 Å². The summed E-state index contributed by atoms with van der Waals surface area (Å²) in [4.78, 5) is 12.9. The zero-order valence-corrected chi connectivity index (χ0v) is 17.6. The number of rotatable bonds is 7. The third kappa shape index (κ3) is 5.81. The number of hydrogen-bond acceptors (Lipinski definition) is 2. The van der Waals surface area contributed by atoms with E-state index in [0.29, 0.717) is 11.5 Å². The molecule has 0 bridgehead atoms. The van der Waals surface area contributed by atoms with Crippen LogP contribution in [0.3, 0.4) is 0 Å². The lowest BCUT2D eigenvalue weighted by atomic mass is 9.83. The monoisotopic (exact) mass is 349 g/mol. The van der Waals surface area contributed by atoms with Crippen molar-refractivity contribution in [3.05, 3.63) is 34.4 Å². The molecule has 24 heavy (non-hydrogen) atoms. The largest absolute Gasteiger partial charge is 0.281 e. The molecule has 1 radical (unpaired) electrons. The molecule has 0 aromatic heterocycles. The minimum Gasteiger partial charge on any atom is -0.281 e. The Labute approximate surface area is 149 Å². The third-order valence-corrected chi connectivity index (χ3v) is 6.39. The summed E-state index contributed by atoms with van der Waals surface area (Å²) in [6.07, 6.45) is 2.74. The van der Waals surface area contributed by atoms with Crippen LogP contribution < -0.4 is 0 Å². The Morgan fingerprint density at radius 1 is 1.12 bits per heavy atom. The van der Waals surface area contributed by atoms with E-state index in [1.807, 2.05) is 39.8 Å². The van der Waals surface area contributed by atoms with Gasteiger partial charge < -0.3 is 0 Å². The Balaban J connectivity index is 2.96. The van der Waals surface area contributed by atoms with Crippen molar-refractivity contribution in [3.8, 4) is 0 Å². The quantitative estimate of drug-likeness (QED) is 0.506. The summed E-state index contributed by atoms with van der Waals surface area (Å²) >= 11 is 0. The molecule has 3 unspecified atom stereocenters. The smallest absolute Gasteiger partial charge is 0.242 e. The first kappa shape index (κ1) is 21.0. The van der Waals surface area contributed by atoms with Gasteiger partial charge in [0.05, 0.1) is 0 Å². The van der Waals surface area contributed by atoms with E-state index in [2.05, 4.69) is 27.7 Å². The summed E-state index contributed by atoms with van der Waals surface area (Å²) in [7, 11) is -1.89. The summed E-state index contributed by atoms with van der Waals surface area (Å²) in [5, 5.41) is 0. The van der Waals surface area contributed by atoms with E-state index in [1.54, 1.807) is 0 Å². The highest BCUT2D eigenvalue weighted by molar-refractivity contribution is 7.65. The fourth-order valence-corrected chi connectivity index (χ4v) is 5.60. The molecular formula is C21H34O2P. The van der Waals surface area contributed by atoms with Gasteiger partial charge in [-0.1, -0.05) is 52.3 Å². The molecule has 0 spiro atoms. The molecule has 135 valence electrons. The average Bonchev–Trinajstić information content (AvgIpc) is 2.40. The van der Waals surface area contributed by atoms with Crippen LogP contribution in [0, 0.1) is 32.1 Å². The van der Waals surface area contributed by atoms with Gasteiger partial charge in [-0.25, -0.2) is 0 Å².